The molecule has 0 atom stereocenters. The smallest absolute Gasteiger partial charge is 0.317 e. The number of urea groups is 1. The van der Waals surface area contributed by atoms with Crippen molar-refractivity contribution in [2.75, 3.05) is 47.5 Å². The lowest BCUT2D eigenvalue weighted by molar-refractivity contribution is 0.172. The number of aromatic nitrogens is 1. The Morgan fingerprint density at radius 1 is 1.03 bits per heavy atom. The summed E-state index contributed by atoms with van der Waals surface area (Å²) in [4.78, 5) is 18.2. The highest BCUT2D eigenvalue weighted by molar-refractivity contribution is 7.89. The van der Waals surface area contributed by atoms with E-state index in [4.69, 9.17) is 14.2 Å². The molecule has 2 heterocycles. The quantitative estimate of drug-likeness (QED) is 0.677. The van der Waals surface area contributed by atoms with E-state index in [0.29, 0.717) is 18.2 Å². The molecule has 0 unspecified atom stereocenters. The summed E-state index contributed by atoms with van der Waals surface area (Å²) < 4.78 is 43.0. The number of pyridine rings is 1. The second-order valence-corrected chi connectivity index (χ2v) is 8.68. The van der Waals surface area contributed by atoms with E-state index >= 15 is 0 Å². The third-order valence-electron chi connectivity index (χ3n) is 4.96. The zero-order valence-corrected chi connectivity index (χ0v) is 18.5. The van der Waals surface area contributed by atoms with Gasteiger partial charge in [0.25, 0.3) is 0 Å². The standard InChI is InChI=1S/C20H26N4O6S/c1-28-16-5-6-17(29-2)18(12-16)31(26,27)24-10-8-23(9-11-24)20(25)22-14-15-4-7-19(30-3)21-13-15/h4-7,12-13H,8-11,14H2,1-3H3,(H,22,25). The lowest BCUT2D eigenvalue weighted by Crippen LogP contribution is -2.53. The van der Waals surface area contributed by atoms with Crippen molar-refractivity contribution in [1.82, 2.24) is 19.5 Å². The molecular formula is C20H26N4O6S. The molecular weight excluding hydrogens is 424 g/mol. The Morgan fingerprint density at radius 3 is 2.35 bits per heavy atom. The molecule has 1 fully saturated rings. The molecule has 0 saturated carbocycles. The largest absolute Gasteiger partial charge is 0.497 e. The van der Waals surface area contributed by atoms with Gasteiger partial charge in [0.15, 0.2) is 0 Å². The molecule has 1 aliphatic rings. The zero-order chi connectivity index (χ0) is 22.4. The van der Waals surface area contributed by atoms with E-state index in [1.165, 1.54) is 31.7 Å². The van der Waals surface area contributed by atoms with Gasteiger partial charge in [-0.3, -0.25) is 0 Å². The summed E-state index contributed by atoms with van der Waals surface area (Å²) in [5.41, 5.74) is 0.834. The van der Waals surface area contributed by atoms with Crippen LogP contribution in [0.15, 0.2) is 41.4 Å². The van der Waals surface area contributed by atoms with Gasteiger partial charge < -0.3 is 24.4 Å². The van der Waals surface area contributed by atoms with Gasteiger partial charge in [-0.25, -0.2) is 18.2 Å². The predicted octanol–water partition coefficient (Wildman–Crippen LogP) is 1.32. The Labute approximate surface area is 181 Å². The third kappa shape index (κ3) is 5.17. The molecule has 0 spiro atoms. The summed E-state index contributed by atoms with van der Waals surface area (Å²) in [6.07, 6.45) is 1.63. The summed E-state index contributed by atoms with van der Waals surface area (Å²) in [6.45, 7) is 1.23. The fraction of sp³-hybridized carbons (Fsp3) is 0.400. The first-order valence-electron chi connectivity index (χ1n) is 9.63. The average molecular weight is 451 g/mol. The van der Waals surface area contributed by atoms with Crippen molar-refractivity contribution in [2.45, 2.75) is 11.4 Å². The van der Waals surface area contributed by atoms with Crippen molar-refractivity contribution >= 4 is 16.1 Å². The van der Waals surface area contributed by atoms with Crippen LogP contribution in [-0.4, -0.2) is 76.1 Å². The number of methoxy groups -OCH3 is 3. The second kappa shape index (κ2) is 9.84. The summed E-state index contributed by atoms with van der Waals surface area (Å²) in [5, 5.41) is 2.83. The number of nitrogens with zero attached hydrogens (tertiary/aromatic N) is 3. The monoisotopic (exact) mass is 450 g/mol. The maximum atomic E-state index is 13.1. The van der Waals surface area contributed by atoms with Crippen LogP contribution in [0.4, 0.5) is 4.79 Å². The van der Waals surface area contributed by atoms with E-state index in [1.54, 1.807) is 29.3 Å². The van der Waals surface area contributed by atoms with Gasteiger partial charge in [-0.2, -0.15) is 4.31 Å². The van der Waals surface area contributed by atoms with Crippen molar-refractivity contribution in [3.05, 3.63) is 42.1 Å². The van der Waals surface area contributed by atoms with Gasteiger partial charge in [-0.15, -0.1) is 0 Å². The van der Waals surface area contributed by atoms with Gasteiger partial charge in [-0.05, 0) is 17.7 Å². The van der Waals surface area contributed by atoms with Crippen LogP contribution in [0.1, 0.15) is 5.56 Å². The van der Waals surface area contributed by atoms with Crippen LogP contribution >= 0.6 is 0 Å². The highest BCUT2D eigenvalue weighted by atomic mass is 32.2. The highest BCUT2D eigenvalue weighted by Gasteiger charge is 2.32. The number of benzene rings is 1. The number of hydrogen-bond donors (Lipinski definition) is 1. The van der Waals surface area contributed by atoms with E-state index in [9.17, 15) is 13.2 Å². The molecule has 1 aromatic heterocycles. The number of sulfonamides is 1. The van der Waals surface area contributed by atoms with E-state index in [-0.39, 0.29) is 42.9 Å². The van der Waals surface area contributed by atoms with E-state index in [0.717, 1.165) is 5.56 Å². The van der Waals surface area contributed by atoms with Crippen molar-refractivity contribution in [1.29, 1.82) is 0 Å². The van der Waals surface area contributed by atoms with Gasteiger partial charge >= 0.3 is 6.03 Å². The molecule has 2 amide bonds. The number of carbonyl (C=O) groups excluding carboxylic acids is 1. The minimum atomic E-state index is -3.80. The van der Waals surface area contributed by atoms with Gasteiger partial charge in [0.1, 0.15) is 16.4 Å². The number of hydrogen-bond acceptors (Lipinski definition) is 7. The van der Waals surface area contributed by atoms with Crippen molar-refractivity contribution in [2.24, 2.45) is 0 Å². The lowest BCUT2D eigenvalue weighted by atomic mass is 10.3. The number of carbonyl (C=O) groups is 1. The van der Waals surface area contributed by atoms with Crippen molar-refractivity contribution < 1.29 is 27.4 Å². The summed E-state index contributed by atoms with van der Waals surface area (Å²) in [5.74, 6) is 1.17. The minimum Gasteiger partial charge on any atom is -0.497 e. The first-order chi connectivity index (χ1) is 14.9. The van der Waals surface area contributed by atoms with E-state index in [1.807, 2.05) is 6.07 Å². The van der Waals surface area contributed by atoms with Crippen LogP contribution in [0.25, 0.3) is 0 Å². The van der Waals surface area contributed by atoms with Gasteiger partial charge in [0.2, 0.25) is 15.9 Å². The molecule has 1 aliphatic heterocycles. The molecule has 1 aromatic carbocycles. The molecule has 0 radical (unpaired) electrons. The topological polar surface area (TPSA) is 110 Å². The molecule has 0 aliphatic carbocycles. The van der Waals surface area contributed by atoms with Crippen LogP contribution < -0.4 is 19.5 Å². The molecule has 11 heteroatoms. The van der Waals surface area contributed by atoms with Crippen LogP contribution in [0.2, 0.25) is 0 Å². The lowest BCUT2D eigenvalue weighted by Gasteiger charge is -2.34. The number of piperazine rings is 1. The Bertz CT molecular complexity index is 1000. The Balaban J connectivity index is 1.60. The first-order valence-corrected chi connectivity index (χ1v) is 11.1. The van der Waals surface area contributed by atoms with Gasteiger partial charge in [0.05, 0.1) is 21.3 Å². The Hall–Kier alpha value is -3.05. The number of ether oxygens (including phenoxy) is 3. The maximum absolute atomic E-state index is 13.1. The average Bonchev–Trinajstić information content (AvgIpc) is 2.82. The van der Waals surface area contributed by atoms with E-state index in [2.05, 4.69) is 10.3 Å². The van der Waals surface area contributed by atoms with Crippen LogP contribution in [0, 0.1) is 0 Å². The second-order valence-electron chi connectivity index (χ2n) is 6.78. The Kier molecular flexibility index (Phi) is 7.18. The summed E-state index contributed by atoms with van der Waals surface area (Å²) in [7, 11) is 0.625. The van der Waals surface area contributed by atoms with Crippen LogP contribution in [0.5, 0.6) is 17.4 Å². The molecule has 0 bridgehead atoms. The molecule has 3 rings (SSSR count). The number of amides is 2. The maximum Gasteiger partial charge on any atom is 0.317 e. The number of nitrogens with one attached hydrogen (secondary N) is 1. The fourth-order valence-electron chi connectivity index (χ4n) is 3.18. The molecule has 10 nitrogen and oxygen atoms in total. The minimum absolute atomic E-state index is 0.0410. The highest BCUT2D eigenvalue weighted by Crippen LogP contribution is 2.31. The Morgan fingerprint density at radius 2 is 1.77 bits per heavy atom. The number of rotatable bonds is 7. The fourth-order valence-corrected chi connectivity index (χ4v) is 4.77. The molecule has 1 N–H and O–H groups in total. The van der Waals surface area contributed by atoms with Crippen molar-refractivity contribution in [3.8, 4) is 17.4 Å². The molecule has 1 saturated heterocycles. The molecule has 31 heavy (non-hydrogen) atoms. The zero-order valence-electron chi connectivity index (χ0n) is 17.7. The SMILES string of the molecule is COc1ccc(OC)c(S(=O)(=O)N2CCN(C(=O)NCc3ccc(OC)nc3)CC2)c1. The van der Waals surface area contributed by atoms with Crippen LogP contribution in [0.3, 0.4) is 0 Å². The van der Waals surface area contributed by atoms with Crippen molar-refractivity contribution in [3.63, 3.8) is 0 Å². The molecule has 2 aromatic rings. The van der Waals surface area contributed by atoms with Crippen LogP contribution in [-0.2, 0) is 16.6 Å². The van der Waals surface area contributed by atoms with Gasteiger partial charge in [-0.1, -0.05) is 6.07 Å². The van der Waals surface area contributed by atoms with Gasteiger partial charge in [0, 0.05) is 51.1 Å². The summed E-state index contributed by atoms with van der Waals surface area (Å²) >= 11 is 0. The third-order valence-corrected chi connectivity index (χ3v) is 6.88. The molecule has 168 valence electrons. The predicted molar refractivity (Wildman–Crippen MR) is 113 cm³/mol. The normalized spacial score (nSPS) is 14.7. The van der Waals surface area contributed by atoms with E-state index < -0.39 is 10.0 Å². The first kappa shape index (κ1) is 22.6. The summed E-state index contributed by atoms with van der Waals surface area (Å²) in [6, 6.07) is 7.92.